The van der Waals surface area contributed by atoms with Crippen LogP contribution in [-0.2, 0) is 9.47 Å². The summed E-state index contributed by atoms with van der Waals surface area (Å²) in [5.74, 6) is 0.00743. The fourth-order valence-electron chi connectivity index (χ4n) is 2.13. The summed E-state index contributed by atoms with van der Waals surface area (Å²) in [6.45, 7) is 2.84. The summed E-state index contributed by atoms with van der Waals surface area (Å²) in [4.78, 5) is 17.8. The first-order valence-electron chi connectivity index (χ1n) is 6.40. The van der Waals surface area contributed by atoms with Crippen molar-refractivity contribution in [2.75, 3.05) is 37.5 Å². The van der Waals surface area contributed by atoms with Crippen LogP contribution in [0, 0.1) is 0 Å². The summed E-state index contributed by atoms with van der Waals surface area (Å²) in [6.07, 6.45) is -0.283. The van der Waals surface area contributed by atoms with Crippen LogP contribution in [0.2, 0.25) is 0 Å². The molecular formula is C13H19N3O4. The molecule has 1 aromatic heterocycles. The molecule has 0 spiro atoms. The zero-order valence-electron chi connectivity index (χ0n) is 11.6. The average Bonchev–Trinajstić information content (AvgIpc) is 2.48. The van der Waals surface area contributed by atoms with Crippen molar-refractivity contribution >= 4 is 17.5 Å². The van der Waals surface area contributed by atoms with E-state index < -0.39 is 5.97 Å². The minimum Gasteiger partial charge on any atom is -0.464 e. The highest BCUT2D eigenvalue weighted by Gasteiger charge is 2.28. The van der Waals surface area contributed by atoms with E-state index in [0.717, 1.165) is 0 Å². The smallest absolute Gasteiger partial charge is 0.356 e. The number of aromatic nitrogens is 1. The van der Waals surface area contributed by atoms with Crippen LogP contribution in [-0.4, -0.2) is 55.1 Å². The highest BCUT2D eigenvalue weighted by Crippen LogP contribution is 2.26. The van der Waals surface area contributed by atoms with Crippen molar-refractivity contribution < 1.29 is 19.4 Å². The molecule has 1 saturated heterocycles. The lowest BCUT2D eigenvalue weighted by Gasteiger charge is -2.38. The summed E-state index contributed by atoms with van der Waals surface area (Å²) in [6, 6.07) is 3.21. The first-order chi connectivity index (χ1) is 9.56. The van der Waals surface area contributed by atoms with Gasteiger partial charge in [0, 0.05) is 6.54 Å². The lowest BCUT2D eigenvalue weighted by atomic mass is 10.2. The number of anilines is 2. The molecule has 0 saturated carbocycles. The van der Waals surface area contributed by atoms with Gasteiger partial charge in [0.25, 0.3) is 0 Å². The first kappa shape index (κ1) is 14.5. The number of nitrogens with two attached hydrogens (primary N) is 1. The van der Waals surface area contributed by atoms with Crippen molar-refractivity contribution in [3.8, 4) is 0 Å². The zero-order chi connectivity index (χ0) is 14.7. The van der Waals surface area contributed by atoms with Gasteiger partial charge in [-0.1, -0.05) is 0 Å². The summed E-state index contributed by atoms with van der Waals surface area (Å²) >= 11 is 0. The molecular weight excluding hydrogens is 262 g/mol. The number of hydrogen-bond acceptors (Lipinski definition) is 7. The molecule has 7 nitrogen and oxygen atoms in total. The van der Waals surface area contributed by atoms with Gasteiger partial charge in [0.05, 0.1) is 38.2 Å². The number of carbonyl (C=O) groups excluding carboxylic acids is 1. The molecule has 0 amide bonds. The summed E-state index contributed by atoms with van der Waals surface area (Å²) in [5, 5.41) is 9.21. The van der Waals surface area contributed by atoms with E-state index in [2.05, 4.69) is 9.72 Å². The minimum atomic E-state index is -0.508. The molecule has 7 heteroatoms. The van der Waals surface area contributed by atoms with Crippen LogP contribution in [0.15, 0.2) is 12.1 Å². The van der Waals surface area contributed by atoms with E-state index in [1.807, 2.05) is 11.8 Å². The topological polar surface area (TPSA) is 97.9 Å². The van der Waals surface area contributed by atoms with Crippen LogP contribution < -0.4 is 10.6 Å². The van der Waals surface area contributed by atoms with E-state index in [9.17, 15) is 9.90 Å². The number of carbonyl (C=O) groups is 1. The SMILES string of the molecule is COC(=O)c1ccc(N)c(N2CC(CO)OCC2C)n1. The molecule has 1 aliphatic rings. The highest BCUT2D eigenvalue weighted by atomic mass is 16.5. The number of ether oxygens (including phenoxy) is 2. The lowest BCUT2D eigenvalue weighted by Crippen LogP contribution is -2.50. The Bertz CT molecular complexity index is 495. The quantitative estimate of drug-likeness (QED) is 0.755. The Kier molecular flexibility index (Phi) is 4.41. The van der Waals surface area contributed by atoms with Crippen LogP contribution in [0.3, 0.4) is 0 Å². The number of morpholine rings is 1. The number of nitrogens with zero attached hydrogens (tertiary/aromatic N) is 2. The molecule has 1 fully saturated rings. The van der Waals surface area contributed by atoms with Gasteiger partial charge in [0.1, 0.15) is 0 Å². The molecule has 0 aliphatic carbocycles. The largest absolute Gasteiger partial charge is 0.464 e. The molecule has 0 radical (unpaired) electrons. The molecule has 1 aliphatic heterocycles. The van der Waals surface area contributed by atoms with Gasteiger partial charge in [-0.2, -0.15) is 0 Å². The number of rotatable bonds is 3. The Labute approximate surface area is 117 Å². The van der Waals surface area contributed by atoms with Crippen LogP contribution in [0.1, 0.15) is 17.4 Å². The van der Waals surface area contributed by atoms with E-state index in [1.54, 1.807) is 6.07 Å². The number of aliphatic hydroxyl groups is 1. The number of nitrogen functional groups attached to an aromatic ring is 1. The van der Waals surface area contributed by atoms with Crippen molar-refractivity contribution in [1.82, 2.24) is 4.98 Å². The summed E-state index contributed by atoms with van der Waals surface area (Å²) < 4.78 is 10.1. The van der Waals surface area contributed by atoms with Gasteiger partial charge in [-0.15, -0.1) is 0 Å². The van der Waals surface area contributed by atoms with E-state index in [-0.39, 0.29) is 24.4 Å². The Morgan fingerprint density at radius 1 is 1.65 bits per heavy atom. The number of pyridine rings is 1. The second kappa shape index (κ2) is 6.06. The number of esters is 1. The maximum atomic E-state index is 11.6. The third kappa shape index (κ3) is 2.83. The van der Waals surface area contributed by atoms with Gasteiger partial charge in [0.15, 0.2) is 11.5 Å². The second-order valence-corrected chi connectivity index (χ2v) is 4.74. The molecule has 20 heavy (non-hydrogen) atoms. The molecule has 2 unspecified atom stereocenters. The molecule has 0 bridgehead atoms. The molecule has 1 aromatic rings. The van der Waals surface area contributed by atoms with Gasteiger partial charge in [-0.05, 0) is 19.1 Å². The Morgan fingerprint density at radius 3 is 3.05 bits per heavy atom. The molecule has 2 rings (SSSR count). The molecule has 0 aromatic carbocycles. The van der Waals surface area contributed by atoms with E-state index in [1.165, 1.54) is 13.2 Å². The van der Waals surface area contributed by atoms with Crippen LogP contribution >= 0.6 is 0 Å². The monoisotopic (exact) mass is 281 g/mol. The Morgan fingerprint density at radius 2 is 2.40 bits per heavy atom. The number of methoxy groups -OCH3 is 1. The predicted octanol–water partition coefficient (Wildman–Crippen LogP) is 0.0364. The Hall–Kier alpha value is -1.86. The van der Waals surface area contributed by atoms with Gasteiger partial charge in [-0.3, -0.25) is 0 Å². The van der Waals surface area contributed by atoms with Crippen LogP contribution in [0.25, 0.3) is 0 Å². The van der Waals surface area contributed by atoms with Crippen molar-refractivity contribution in [2.24, 2.45) is 0 Å². The molecule has 2 heterocycles. The highest BCUT2D eigenvalue weighted by molar-refractivity contribution is 5.88. The normalized spacial score (nSPS) is 22.6. The van der Waals surface area contributed by atoms with Gasteiger partial charge in [0.2, 0.25) is 0 Å². The molecule has 110 valence electrons. The van der Waals surface area contributed by atoms with Gasteiger partial charge in [-0.25, -0.2) is 9.78 Å². The fraction of sp³-hybridized carbons (Fsp3) is 0.538. The van der Waals surface area contributed by atoms with Gasteiger partial charge < -0.3 is 25.2 Å². The van der Waals surface area contributed by atoms with Crippen molar-refractivity contribution in [3.63, 3.8) is 0 Å². The van der Waals surface area contributed by atoms with Crippen LogP contribution in [0.5, 0.6) is 0 Å². The maximum absolute atomic E-state index is 11.6. The van der Waals surface area contributed by atoms with E-state index in [0.29, 0.717) is 24.7 Å². The zero-order valence-corrected chi connectivity index (χ0v) is 11.6. The molecule has 3 N–H and O–H groups in total. The van der Waals surface area contributed by atoms with Crippen molar-refractivity contribution in [1.29, 1.82) is 0 Å². The minimum absolute atomic E-state index is 0.0560. The average molecular weight is 281 g/mol. The van der Waals surface area contributed by atoms with Crippen molar-refractivity contribution in [3.05, 3.63) is 17.8 Å². The standard InChI is InChI=1S/C13H19N3O4/c1-8-7-20-9(6-17)5-16(8)12-10(14)3-4-11(15-12)13(18)19-2/h3-4,8-9,17H,5-7,14H2,1-2H3. The van der Waals surface area contributed by atoms with E-state index >= 15 is 0 Å². The summed E-state index contributed by atoms with van der Waals surface area (Å²) in [5.41, 5.74) is 6.63. The Balaban J connectivity index is 2.32. The number of hydrogen-bond donors (Lipinski definition) is 2. The van der Waals surface area contributed by atoms with Gasteiger partial charge >= 0.3 is 5.97 Å². The van der Waals surface area contributed by atoms with E-state index in [4.69, 9.17) is 10.5 Å². The van der Waals surface area contributed by atoms with Crippen molar-refractivity contribution in [2.45, 2.75) is 19.1 Å². The predicted molar refractivity (Wildman–Crippen MR) is 73.6 cm³/mol. The lowest BCUT2D eigenvalue weighted by molar-refractivity contribution is -0.0105. The maximum Gasteiger partial charge on any atom is 0.356 e. The first-order valence-corrected chi connectivity index (χ1v) is 6.40. The number of aliphatic hydroxyl groups excluding tert-OH is 1. The molecule has 2 atom stereocenters. The van der Waals surface area contributed by atoms with Crippen LogP contribution in [0.4, 0.5) is 11.5 Å². The fourth-order valence-corrected chi connectivity index (χ4v) is 2.13. The second-order valence-electron chi connectivity index (χ2n) is 4.74. The third-order valence-corrected chi connectivity index (χ3v) is 3.28. The summed E-state index contributed by atoms with van der Waals surface area (Å²) in [7, 11) is 1.30. The third-order valence-electron chi connectivity index (χ3n) is 3.28.